The summed E-state index contributed by atoms with van der Waals surface area (Å²) in [5.41, 5.74) is 5.16. The van der Waals surface area contributed by atoms with Crippen LogP contribution < -0.4 is 0 Å². The lowest BCUT2D eigenvalue weighted by Crippen LogP contribution is -1.77. The topological polar surface area (TPSA) is 15.8 Å². The summed E-state index contributed by atoms with van der Waals surface area (Å²) in [5, 5.41) is 1.33. The van der Waals surface area contributed by atoms with Crippen LogP contribution >= 0.6 is 11.3 Å². The molecular formula is C17H13NS. The van der Waals surface area contributed by atoms with Crippen LogP contribution in [0.1, 0.15) is 5.69 Å². The quantitative estimate of drug-likeness (QED) is 0.476. The van der Waals surface area contributed by atoms with E-state index in [2.05, 4.69) is 66.5 Å². The van der Waals surface area contributed by atoms with Crippen LogP contribution in [0.25, 0.3) is 31.4 Å². The Morgan fingerprint density at radius 2 is 1.63 bits per heavy atom. The molecule has 0 amide bonds. The van der Waals surface area contributed by atoms with Crippen molar-refractivity contribution in [3.8, 4) is 11.1 Å². The molecule has 2 aromatic heterocycles. The Hall–Kier alpha value is -2.06. The summed E-state index contributed by atoms with van der Waals surface area (Å²) in [7, 11) is 0. The number of hydrogen-bond acceptors (Lipinski definition) is 1. The molecule has 4 aromatic rings. The third-order valence-corrected chi connectivity index (χ3v) is 4.76. The maximum absolute atomic E-state index is 3.56. The van der Waals surface area contributed by atoms with Gasteiger partial charge in [-0.25, -0.2) is 0 Å². The number of thiophene rings is 1. The highest BCUT2D eigenvalue weighted by atomic mass is 32.1. The summed E-state index contributed by atoms with van der Waals surface area (Å²) in [6.07, 6.45) is 0. The van der Waals surface area contributed by atoms with Gasteiger partial charge in [0.15, 0.2) is 0 Å². The van der Waals surface area contributed by atoms with Gasteiger partial charge < -0.3 is 4.98 Å². The number of aryl methyl sites for hydroxylation is 1. The van der Waals surface area contributed by atoms with E-state index < -0.39 is 0 Å². The zero-order valence-electron chi connectivity index (χ0n) is 10.6. The lowest BCUT2D eigenvalue weighted by molar-refractivity contribution is 1.30. The molecule has 0 radical (unpaired) electrons. The number of rotatable bonds is 1. The van der Waals surface area contributed by atoms with Crippen molar-refractivity contribution >= 4 is 31.6 Å². The van der Waals surface area contributed by atoms with Crippen molar-refractivity contribution in [1.82, 2.24) is 4.98 Å². The first-order chi connectivity index (χ1) is 9.34. The highest BCUT2D eigenvalue weighted by Crippen LogP contribution is 2.41. The van der Waals surface area contributed by atoms with Crippen molar-refractivity contribution in [2.24, 2.45) is 0 Å². The monoisotopic (exact) mass is 263 g/mol. The van der Waals surface area contributed by atoms with E-state index in [0.717, 1.165) is 0 Å². The highest BCUT2D eigenvalue weighted by Gasteiger charge is 2.14. The van der Waals surface area contributed by atoms with Crippen LogP contribution in [0.3, 0.4) is 0 Å². The van der Waals surface area contributed by atoms with Gasteiger partial charge in [0, 0.05) is 21.3 Å². The standard InChI is InChI=1S/C17H13NS/c1-11-15(12-7-3-2-4-8-12)17-16(18-11)13-9-5-6-10-14(13)19-17/h2-10,18H,1H3. The van der Waals surface area contributed by atoms with Crippen molar-refractivity contribution in [1.29, 1.82) is 0 Å². The third kappa shape index (κ3) is 1.53. The van der Waals surface area contributed by atoms with Gasteiger partial charge in [-0.15, -0.1) is 11.3 Å². The van der Waals surface area contributed by atoms with E-state index in [1.54, 1.807) is 0 Å². The molecule has 2 heterocycles. The van der Waals surface area contributed by atoms with Crippen LogP contribution in [0.2, 0.25) is 0 Å². The molecule has 0 aliphatic carbocycles. The average molecular weight is 263 g/mol. The molecule has 0 atom stereocenters. The summed E-state index contributed by atoms with van der Waals surface area (Å²) < 4.78 is 2.71. The molecule has 0 bridgehead atoms. The minimum atomic E-state index is 1.25. The lowest BCUT2D eigenvalue weighted by Gasteiger charge is -1.99. The van der Waals surface area contributed by atoms with E-state index in [1.165, 1.54) is 37.1 Å². The summed E-state index contributed by atoms with van der Waals surface area (Å²) >= 11 is 1.87. The van der Waals surface area contributed by atoms with Crippen LogP contribution in [0, 0.1) is 6.92 Å². The van der Waals surface area contributed by atoms with Crippen molar-refractivity contribution in [3.05, 3.63) is 60.3 Å². The molecule has 1 N–H and O–H groups in total. The fourth-order valence-corrected chi connectivity index (χ4v) is 4.00. The number of aromatic amines is 1. The Balaban J connectivity index is 2.13. The highest BCUT2D eigenvalue weighted by molar-refractivity contribution is 7.26. The van der Waals surface area contributed by atoms with E-state index in [1.807, 2.05) is 11.3 Å². The minimum absolute atomic E-state index is 1.25. The second-order valence-electron chi connectivity index (χ2n) is 4.79. The molecule has 92 valence electrons. The van der Waals surface area contributed by atoms with Gasteiger partial charge in [-0.05, 0) is 18.6 Å². The molecule has 0 saturated carbocycles. The van der Waals surface area contributed by atoms with Crippen LogP contribution in [0.15, 0.2) is 54.6 Å². The molecule has 4 rings (SSSR count). The van der Waals surface area contributed by atoms with Gasteiger partial charge >= 0.3 is 0 Å². The lowest BCUT2D eigenvalue weighted by atomic mass is 10.1. The summed E-state index contributed by atoms with van der Waals surface area (Å²) in [4.78, 5) is 3.56. The maximum Gasteiger partial charge on any atom is 0.0652 e. The molecule has 2 aromatic carbocycles. The van der Waals surface area contributed by atoms with E-state index in [-0.39, 0.29) is 0 Å². The summed E-state index contributed by atoms with van der Waals surface area (Å²) in [5.74, 6) is 0. The molecule has 0 unspecified atom stereocenters. The van der Waals surface area contributed by atoms with Gasteiger partial charge in [-0.3, -0.25) is 0 Å². The molecule has 0 aliphatic rings. The van der Waals surface area contributed by atoms with Gasteiger partial charge in [0.1, 0.15) is 0 Å². The SMILES string of the molecule is Cc1[nH]c2c(sc3ccccc32)c1-c1ccccc1. The molecule has 0 saturated heterocycles. The average Bonchev–Trinajstić information content (AvgIpc) is 2.94. The Bertz CT molecular complexity index is 868. The molecule has 0 spiro atoms. The molecule has 2 heteroatoms. The molecular weight excluding hydrogens is 250 g/mol. The van der Waals surface area contributed by atoms with Crippen molar-refractivity contribution in [2.75, 3.05) is 0 Å². The van der Waals surface area contributed by atoms with Gasteiger partial charge in [0.2, 0.25) is 0 Å². The van der Waals surface area contributed by atoms with E-state index >= 15 is 0 Å². The Morgan fingerprint density at radius 3 is 2.47 bits per heavy atom. The number of benzene rings is 2. The van der Waals surface area contributed by atoms with Gasteiger partial charge in [-0.2, -0.15) is 0 Å². The number of fused-ring (bicyclic) bond motifs is 3. The van der Waals surface area contributed by atoms with Crippen molar-refractivity contribution < 1.29 is 0 Å². The number of H-pyrrole nitrogens is 1. The third-order valence-electron chi connectivity index (χ3n) is 3.57. The smallest absolute Gasteiger partial charge is 0.0652 e. The second kappa shape index (κ2) is 3.97. The number of nitrogens with one attached hydrogen (secondary N) is 1. The largest absolute Gasteiger partial charge is 0.357 e. The molecule has 0 fully saturated rings. The number of aromatic nitrogens is 1. The Labute approximate surface area is 115 Å². The van der Waals surface area contributed by atoms with Crippen LogP contribution in [0.5, 0.6) is 0 Å². The number of hydrogen-bond donors (Lipinski definition) is 1. The second-order valence-corrected chi connectivity index (χ2v) is 5.85. The first kappa shape index (κ1) is 10.8. The summed E-state index contributed by atoms with van der Waals surface area (Å²) in [6, 6.07) is 19.2. The van der Waals surface area contributed by atoms with E-state index in [0.29, 0.717) is 0 Å². The van der Waals surface area contributed by atoms with E-state index in [4.69, 9.17) is 0 Å². The van der Waals surface area contributed by atoms with Crippen LogP contribution in [0.4, 0.5) is 0 Å². The molecule has 1 nitrogen and oxygen atoms in total. The van der Waals surface area contributed by atoms with Gasteiger partial charge in [0.05, 0.1) is 10.2 Å². The summed E-state index contributed by atoms with van der Waals surface area (Å²) in [6.45, 7) is 2.16. The van der Waals surface area contributed by atoms with Crippen LogP contribution in [-0.4, -0.2) is 4.98 Å². The van der Waals surface area contributed by atoms with Crippen molar-refractivity contribution in [2.45, 2.75) is 6.92 Å². The molecule has 0 aliphatic heterocycles. The fourth-order valence-electron chi connectivity index (χ4n) is 2.72. The normalized spacial score (nSPS) is 11.4. The fraction of sp³-hybridized carbons (Fsp3) is 0.0588. The predicted molar refractivity (Wildman–Crippen MR) is 83.9 cm³/mol. The predicted octanol–water partition coefficient (Wildman–Crippen LogP) is 5.36. The zero-order chi connectivity index (χ0) is 12.8. The first-order valence-electron chi connectivity index (χ1n) is 6.40. The molecule has 19 heavy (non-hydrogen) atoms. The first-order valence-corrected chi connectivity index (χ1v) is 7.21. The Kier molecular flexibility index (Phi) is 2.26. The maximum atomic E-state index is 3.56. The van der Waals surface area contributed by atoms with Crippen molar-refractivity contribution in [3.63, 3.8) is 0 Å². The van der Waals surface area contributed by atoms with Crippen LogP contribution in [-0.2, 0) is 0 Å². The van der Waals surface area contributed by atoms with E-state index in [9.17, 15) is 0 Å². The van der Waals surface area contributed by atoms with Gasteiger partial charge in [-0.1, -0.05) is 48.5 Å². The minimum Gasteiger partial charge on any atom is -0.357 e. The van der Waals surface area contributed by atoms with Gasteiger partial charge in [0.25, 0.3) is 0 Å². The Morgan fingerprint density at radius 1 is 0.895 bits per heavy atom. The zero-order valence-corrected chi connectivity index (χ0v) is 11.4.